The Morgan fingerprint density at radius 3 is 2.72 bits per heavy atom. The van der Waals surface area contributed by atoms with Gasteiger partial charge in [0.25, 0.3) is 0 Å². The smallest absolute Gasteiger partial charge is 0.323 e. The zero-order valence-electron chi connectivity index (χ0n) is 10.7. The van der Waals surface area contributed by atoms with Gasteiger partial charge < -0.3 is 19.6 Å². The molecule has 6 heteroatoms. The monoisotopic (exact) mass is 256 g/mol. The van der Waals surface area contributed by atoms with Crippen LogP contribution in [0.3, 0.4) is 0 Å². The first-order chi connectivity index (χ1) is 8.56. The molecule has 0 radical (unpaired) electrons. The van der Waals surface area contributed by atoms with E-state index in [1.807, 2.05) is 6.92 Å². The van der Waals surface area contributed by atoms with Crippen molar-refractivity contribution in [1.82, 2.24) is 9.80 Å². The first-order valence-electron chi connectivity index (χ1n) is 6.43. The van der Waals surface area contributed by atoms with Crippen LogP contribution >= 0.6 is 0 Å². The standard InChI is InChI=1S/C12H20N2O4/c1-9-6-13(4-5-18-9)12(17)14(8-11(15)16)7-10-2-3-10/h9-10H,2-8H2,1H3,(H,15,16). The number of nitrogens with zero attached hydrogens (tertiary/aromatic N) is 2. The molecule has 1 aliphatic carbocycles. The molecule has 1 saturated heterocycles. The molecular formula is C12H20N2O4. The van der Waals surface area contributed by atoms with Crippen molar-refractivity contribution >= 4 is 12.0 Å². The lowest BCUT2D eigenvalue weighted by Gasteiger charge is -2.35. The Bertz CT molecular complexity index is 330. The molecule has 1 aliphatic heterocycles. The quantitative estimate of drug-likeness (QED) is 0.800. The molecule has 2 aliphatic rings. The second kappa shape index (κ2) is 5.56. The van der Waals surface area contributed by atoms with Gasteiger partial charge in [-0.05, 0) is 25.7 Å². The Balaban J connectivity index is 1.94. The van der Waals surface area contributed by atoms with Gasteiger partial charge in [-0.2, -0.15) is 0 Å². The molecule has 0 aromatic carbocycles. The van der Waals surface area contributed by atoms with E-state index in [1.54, 1.807) is 4.90 Å². The van der Waals surface area contributed by atoms with Crippen molar-refractivity contribution in [2.45, 2.75) is 25.9 Å². The van der Waals surface area contributed by atoms with Gasteiger partial charge in [-0.15, -0.1) is 0 Å². The van der Waals surface area contributed by atoms with Crippen LogP contribution in [0.2, 0.25) is 0 Å². The third kappa shape index (κ3) is 3.60. The molecule has 1 saturated carbocycles. The Morgan fingerprint density at radius 2 is 2.17 bits per heavy atom. The fourth-order valence-electron chi connectivity index (χ4n) is 2.18. The minimum absolute atomic E-state index is 0.0234. The number of carboxylic acids is 1. The van der Waals surface area contributed by atoms with Gasteiger partial charge in [0, 0.05) is 19.6 Å². The van der Waals surface area contributed by atoms with Crippen LogP contribution in [-0.2, 0) is 9.53 Å². The van der Waals surface area contributed by atoms with Gasteiger partial charge in [-0.25, -0.2) is 4.79 Å². The molecule has 6 nitrogen and oxygen atoms in total. The third-order valence-corrected chi connectivity index (χ3v) is 3.28. The molecule has 1 heterocycles. The molecular weight excluding hydrogens is 236 g/mol. The average Bonchev–Trinajstić information content (AvgIpc) is 3.10. The van der Waals surface area contributed by atoms with E-state index < -0.39 is 5.97 Å². The number of hydrogen-bond donors (Lipinski definition) is 1. The lowest BCUT2D eigenvalue weighted by Crippen LogP contribution is -2.52. The normalized spacial score (nSPS) is 23.8. The predicted octanol–water partition coefficient (Wildman–Crippen LogP) is 0.624. The molecule has 2 rings (SSSR count). The highest BCUT2D eigenvalue weighted by atomic mass is 16.5. The van der Waals surface area contributed by atoms with Crippen LogP contribution in [0.4, 0.5) is 4.79 Å². The second-order valence-electron chi connectivity index (χ2n) is 5.13. The highest BCUT2D eigenvalue weighted by molar-refractivity contribution is 5.80. The summed E-state index contributed by atoms with van der Waals surface area (Å²) in [7, 11) is 0. The summed E-state index contributed by atoms with van der Waals surface area (Å²) in [6, 6.07) is -0.167. The van der Waals surface area contributed by atoms with Crippen molar-refractivity contribution in [2.24, 2.45) is 5.92 Å². The second-order valence-corrected chi connectivity index (χ2v) is 5.13. The van der Waals surface area contributed by atoms with Gasteiger partial charge in [0.1, 0.15) is 6.54 Å². The van der Waals surface area contributed by atoms with Crippen LogP contribution in [0.5, 0.6) is 0 Å². The summed E-state index contributed by atoms with van der Waals surface area (Å²) in [4.78, 5) is 26.3. The summed E-state index contributed by atoms with van der Waals surface area (Å²) in [5.74, 6) is -0.461. The van der Waals surface area contributed by atoms with Gasteiger partial charge in [-0.1, -0.05) is 0 Å². The number of hydrogen-bond acceptors (Lipinski definition) is 3. The lowest BCUT2D eigenvalue weighted by atomic mass is 10.3. The van der Waals surface area contributed by atoms with E-state index in [1.165, 1.54) is 4.90 Å². The number of urea groups is 1. The average molecular weight is 256 g/mol. The van der Waals surface area contributed by atoms with Crippen LogP contribution in [0, 0.1) is 5.92 Å². The number of carboxylic acid groups (broad SMARTS) is 1. The number of morpholine rings is 1. The van der Waals surface area contributed by atoms with Crippen molar-refractivity contribution in [3.8, 4) is 0 Å². The van der Waals surface area contributed by atoms with E-state index in [4.69, 9.17) is 9.84 Å². The molecule has 0 spiro atoms. The zero-order valence-corrected chi connectivity index (χ0v) is 10.7. The number of carbonyl (C=O) groups excluding carboxylic acids is 1. The summed E-state index contributed by atoms with van der Waals surface area (Å²) in [5.41, 5.74) is 0. The Kier molecular flexibility index (Phi) is 4.06. The Morgan fingerprint density at radius 1 is 1.44 bits per heavy atom. The molecule has 1 N–H and O–H groups in total. The fourth-order valence-corrected chi connectivity index (χ4v) is 2.18. The van der Waals surface area contributed by atoms with Crippen LogP contribution in [0.1, 0.15) is 19.8 Å². The zero-order chi connectivity index (χ0) is 13.1. The molecule has 0 bridgehead atoms. The molecule has 1 unspecified atom stereocenters. The minimum atomic E-state index is -0.953. The first kappa shape index (κ1) is 13.1. The van der Waals surface area contributed by atoms with Gasteiger partial charge in [0.15, 0.2) is 0 Å². The van der Waals surface area contributed by atoms with Gasteiger partial charge >= 0.3 is 12.0 Å². The molecule has 0 aromatic heterocycles. The number of rotatable bonds is 4. The molecule has 2 fully saturated rings. The molecule has 2 amide bonds. The van der Waals surface area contributed by atoms with E-state index >= 15 is 0 Å². The number of ether oxygens (including phenoxy) is 1. The Hall–Kier alpha value is -1.30. The van der Waals surface area contributed by atoms with Crippen molar-refractivity contribution < 1.29 is 19.4 Å². The van der Waals surface area contributed by atoms with E-state index in [0.717, 1.165) is 12.8 Å². The third-order valence-electron chi connectivity index (χ3n) is 3.28. The number of carbonyl (C=O) groups is 2. The molecule has 102 valence electrons. The molecule has 0 aromatic rings. The maximum absolute atomic E-state index is 12.3. The maximum Gasteiger partial charge on any atom is 0.323 e. The van der Waals surface area contributed by atoms with Crippen LogP contribution < -0.4 is 0 Å². The van der Waals surface area contributed by atoms with Crippen LogP contribution in [-0.4, -0.2) is 65.8 Å². The SMILES string of the molecule is CC1CN(C(=O)N(CC(=O)O)CC2CC2)CCO1. The van der Waals surface area contributed by atoms with Crippen LogP contribution in [0.15, 0.2) is 0 Å². The van der Waals surface area contributed by atoms with Gasteiger partial charge in [-0.3, -0.25) is 4.79 Å². The number of aliphatic carboxylic acids is 1. The van der Waals surface area contributed by atoms with Gasteiger partial charge in [0.2, 0.25) is 0 Å². The fraction of sp³-hybridized carbons (Fsp3) is 0.833. The summed E-state index contributed by atoms with van der Waals surface area (Å²) in [5, 5.41) is 8.88. The van der Waals surface area contributed by atoms with E-state index in [2.05, 4.69) is 0 Å². The minimum Gasteiger partial charge on any atom is -0.480 e. The summed E-state index contributed by atoms with van der Waals surface area (Å²) < 4.78 is 5.38. The molecule has 18 heavy (non-hydrogen) atoms. The van der Waals surface area contributed by atoms with E-state index in [9.17, 15) is 9.59 Å². The van der Waals surface area contributed by atoms with E-state index in [-0.39, 0.29) is 18.7 Å². The van der Waals surface area contributed by atoms with Crippen molar-refractivity contribution in [3.05, 3.63) is 0 Å². The lowest BCUT2D eigenvalue weighted by molar-refractivity contribution is -0.137. The highest BCUT2D eigenvalue weighted by Gasteiger charge is 2.31. The predicted molar refractivity (Wildman–Crippen MR) is 64.3 cm³/mol. The maximum atomic E-state index is 12.3. The summed E-state index contributed by atoms with van der Waals surface area (Å²) in [6.45, 7) is 3.89. The number of amides is 2. The van der Waals surface area contributed by atoms with E-state index in [0.29, 0.717) is 32.2 Å². The summed E-state index contributed by atoms with van der Waals surface area (Å²) >= 11 is 0. The van der Waals surface area contributed by atoms with Crippen molar-refractivity contribution in [1.29, 1.82) is 0 Å². The topological polar surface area (TPSA) is 70.1 Å². The van der Waals surface area contributed by atoms with Crippen LogP contribution in [0.25, 0.3) is 0 Å². The summed E-state index contributed by atoms with van der Waals surface area (Å²) in [6.07, 6.45) is 2.22. The van der Waals surface area contributed by atoms with Crippen molar-refractivity contribution in [2.75, 3.05) is 32.8 Å². The highest BCUT2D eigenvalue weighted by Crippen LogP contribution is 2.30. The van der Waals surface area contributed by atoms with Crippen molar-refractivity contribution in [3.63, 3.8) is 0 Å². The Labute approximate surface area is 106 Å². The molecule has 1 atom stereocenters. The first-order valence-corrected chi connectivity index (χ1v) is 6.43. The largest absolute Gasteiger partial charge is 0.480 e. The van der Waals surface area contributed by atoms with Gasteiger partial charge in [0.05, 0.1) is 12.7 Å².